The zero-order valence-electron chi connectivity index (χ0n) is 14.9. The van der Waals surface area contributed by atoms with E-state index in [9.17, 15) is 4.39 Å². The van der Waals surface area contributed by atoms with Crippen LogP contribution in [0.1, 0.15) is 33.2 Å². The Kier molecular flexibility index (Phi) is 4.44. The molecule has 1 unspecified atom stereocenters. The lowest BCUT2D eigenvalue weighted by atomic mass is 9.92. The molecule has 3 aromatic rings. The van der Waals surface area contributed by atoms with Crippen LogP contribution in [0.5, 0.6) is 5.75 Å². The second-order valence-corrected chi connectivity index (χ2v) is 8.00. The summed E-state index contributed by atoms with van der Waals surface area (Å²) in [5.74, 6) is 0.549. The van der Waals surface area contributed by atoms with Gasteiger partial charge in [-0.25, -0.2) is 4.39 Å². The first-order chi connectivity index (χ1) is 13.3. The van der Waals surface area contributed by atoms with E-state index in [2.05, 4.69) is 40.6 Å². The summed E-state index contributed by atoms with van der Waals surface area (Å²) in [5, 5.41) is 2.18. The molecule has 2 aromatic carbocycles. The molecule has 2 aliphatic rings. The van der Waals surface area contributed by atoms with Crippen molar-refractivity contribution in [3.63, 3.8) is 0 Å². The number of fused-ring (bicyclic) bond motifs is 2. The van der Waals surface area contributed by atoms with Gasteiger partial charge in [0.05, 0.1) is 12.6 Å². The predicted octanol–water partition coefficient (Wildman–Crippen LogP) is 4.90. The number of benzene rings is 2. The Labute approximate surface area is 162 Å². The fourth-order valence-electron chi connectivity index (χ4n) is 4.16. The molecule has 0 bridgehead atoms. The third-order valence-corrected chi connectivity index (χ3v) is 6.30. The molecule has 5 rings (SSSR count). The van der Waals surface area contributed by atoms with Gasteiger partial charge in [-0.2, -0.15) is 0 Å². The van der Waals surface area contributed by atoms with Gasteiger partial charge in [-0.1, -0.05) is 30.3 Å². The molecule has 0 N–H and O–H groups in total. The molecule has 0 aliphatic carbocycles. The van der Waals surface area contributed by atoms with Gasteiger partial charge in [0.25, 0.3) is 0 Å². The van der Waals surface area contributed by atoms with E-state index in [4.69, 9.17) is 9.47 Å². The van der Waals surface area contributed by atoms with Crippen molar-refractivity contribution in [3.05, 3.63) is 86.9 Å². The molecule has 0 radical (unpaired) electrons. The summed E-state index contributed by atoms with van der Waals surface area (Å²) in [6, 6.07) is 16.1. The van der Waals surface area contributed by atoms with Crippen LogP contribution in [0.2, 0.25) is 0 Å². The van der Waals surface area contributed by atoms with E-state index in [1.54, 1.807) is 6.07 Å². The van der Waals surface area contributed by atoms with Crippen LogP contribution < -0.4 is 4.74 Å². The maximum absolute atomic E-state index is 14.2. The van der Waals surface area contributed by atoms with Crippen molar-refractivity contribution < 1.29 is 13.9 Å². The Morgan fingerprint density at radius 2 is 2.04 bits per heavy atom. The van der Waals surface area contributed by atoms with Crippen LogP contribution in [0.15, 0.2) is 53.9 Å². The van der Waals surface area contributed by atoms with Gasteiger partial charge in [0, 0.05) is 29.1 Å². The lowest BCUT2D eigenvalue weighted by Gasteiger charge is -2.37. The minimum atomic E-state index is -0.234. The van der Waals surface area contributed by atoms with Gasteiger partial charge in [-0.3, -0.25) is 4.90 Å². The summed E-state index contributed by atoms with van der Waals surface area (Å²) in [5.41, 5.74) is 4.33. The molecule has 1 atom stereocenters. The molecule has 138 valence electrons. The lowest BCUT2D eigenvalue weighted by molar-refractivity contribution is -0.0178. The van der Waals surface area contributed by atoms with Crippen LogP contribution in [0, 0.1) is 5.82 Å². The first-order valence-corrected chi connectivity index (χ1v) is 10.0. The summed E-state index contributed by atoms with van der Waals surface area (Å²) < 4.78 is 25.2. The summed E-state index contributed by atoms with van der Waals surface area (Å²) in [6.07, 6.45) is 1.03. The highest BCUT2D eigenvalue weighted by atomic mass is 32.1. The van der Waals surface area contributed by atoms with E-state index >= 15 is 0 Å². The normalized spacial score (nSPS) is 19.2. The zero-order valence-corrected chi connectivity index (χ0v) is 15.7. The molecule has 27 heavy (non-hydrogen) atoms. The maximum Gasteiger partial charge on any atom is 0.189 e. The molecule has 0 fully saturated rings. The maximum atomic E-state index is 14.2. The summed E-state index contributed by atoms with van der Waals surface area (Å²) in [7, 11) is 0. The van der Waals surface area contributed by atoms with Crippen LogP contribution >= 0.6 is 11.3 Å². The molecule has 1 aromatic heterocycles. The highest BCUT2D eigenvalue weighted by Crippen LogP contribution is 2.40. The van der Waals surface area contributed by atoms with E-state index in [0.717, 1.165) is 29.8 Å². The average Bonchev–Trinajstić information content (AvgIpc) is 3.17. The van der Waals surface area contributed by atoms with Gasteiger partial charge in [0.1, 0.15) is 11.6 Å². The topological polar surface area (TPSA) is 21.7 Å². The molecule has 0 amide bonds. The molecule has 0 saturated carbocycles. The zero-order chi connectivity index (χ0) is 18.2. The molecule has 2 aliphatic heterocycles. The highest BCUT2D eigenvalue weighted by Gasteiger charge is 2.30. The number of hydrogen-bond donors (Lipinski definition) is 0. The molecule has 3 nitrogen and oxygen atoms in total. The molecular weight excluding hydrogens is 361 g/mol. The van der Waals surface area contributed by atoms with E-state index in [1.807, 2.05) is 17.4 Å². The minimum Gasteiger partial charge on any atom is -0.467 e. The van der Waals surface area contributed by atoms with Crippen molar-refractivity contribution in [2.24, 2.45) is 0 Å². The monoisotopic (exact) mass is 381 g/mol. The third-order valence-electron chi connectivity index (χ3n) is 5.31. The molecular formula is C22H20FNO2S. The van der Waals surface area contributed by atoms with E-state index in [0.29, 0.717) is 13.2 Å². The first kappa shape index (κ1) is 16.9. The number of nitrogens with zero attached hydrogens (tertiary/aromatic N) is 1. The van der Waals surface area contributed by atoms with E-state index < -0.39 is 0 Å². The summed E-state index contributed by atoms with van der Waals surface area (Å²) in [6.45, 7) is 2.21. The Morgan fingerprint density at radius 3 is 2.93 bits per heavy atom. The molecule has 0 saturated heterocycles. The van der Waals surface area contributed by atoms with Crippen LogP contribution in [0.25, 0.3) is 0 Å². The van der Waals surface area contributed by atoms with Gasteiger partial charge >= 0.3 is 0 Å². The quantitative estimate of drug-likeness (QED) is 0.644. The van der Waals surface area contributed by atoms with Crippen LogP contribution in [0.4, 0.5) is 4.39 Å². The van der Waals surface area contributed by atoms with Gasteiger partial charge in [-0.15, -0.1) is 11.3 Å². The summed E-state index contributed by atoms with van der Waals surface area (Å²) in [4.78, 5) is 3.88. The SMILES string of the molecule is Fc1cc2c(c(CN3CCc4sccc4C3c3ccccc3)c1)OCOC2. The van der Waals surface area contributed by atoms with Gasteiger partial charge in [-0.05, 0) is 41.1 Å². The first-order valence-electron chi connectivity index (χ1n) is 9.17. The van der Waals surface area contributed by atoms with Crippen molar-refractivity contribution in [1.29, 1.82) is 0 Å². The fraction of sp³-hybridized carbons (Fsp3) is 0.273. The smallest absolute Gasteiger partial charge is 0.189 e. The molecule has 0 spiro atoms. The van der Waals surface area contributed by atoms with Gasteiger partial charge in [0.15, 0.2) is 6.79 Å². The number of hydrogen-bond acceptors (Lipinski definition) is 4. The Bertz CT molecular complexity index is 956. The molecule has 3 heterocycles. The average molecular weight is 381 g/mol. The predicted molar refractivity (Wildman–Crippen MR) is 103 cm³/mol. The number of ether oxygens (including phenoxy) is 2. The van der Waals surface area contributed by atoms with Crippen LogP contribution in [-0.2, 0) is 24.3 Å². The van der Waals surface area contributed by atoms with Gasteiger partial charge in [0.2, 0.25) is 0 Å². The Hall–Kier alpha value is -2.21. The number of halogens is 1. The third kappa shape index (κ3) is 3.16. The highest BCUT2D eigenvalue weighted by molar-refractivity contribution is 7.10. The largest absolute Gasteiger partial charge is 0.467 e. The second-order valence-electron chi connectivity index (χ2n) is 7.00. The molecule has 5 heteroatoms. The lowest BCUT2D eigenvalue weighted by Crippen LogP contribution is -2.35. The van der Waals surface area contributed by atoms with E-state index in [-0.39, 0.29) is 18.7 Å². The van der Waals surface area contributed by atoms with Crippen molar-refractivity contribution in [2.45, 2.75) is 25.6 Å². The Morgan fingerprint density at radius 1 is 1.15 bits per heavy atom. The number of rotatable bonds is 3. The van der Waals surface area contributed by atoms with Crippen molar-refractivity contribution in [2.75, 3.05) is 13.3 Å². The van der Waals surface area contributed by atoms with Gasteiger partial charge < -0.3 is 9.47 Å². The van der Waals surface area contributed by atoms with Crippen molar-refractivity contribution in [1.82, 2.24) is 4.90 Å². The standard InChI is InChI=1S/C22H20FNO2S/c23-18-10-16(22-17(11-18)13-25-14-26-22)12-24-8-6-20-19(7-9-27-20)21(24)15-4-2-1-3-5-15/h1-5,7,9-11,21H,6,8,12-14H2. The Balaban J connectivity index is 1.54. The van der Waals surface area contributed by atoms with Crippen molar-refractivity contribution in [3.8, 4) is 5.75 Å². The van der Waals surface area contributed by atoms with Crippen LogP contribution in [-0.4, -0.2) is 18.2 Å². The van der Waals surface area contributed by atoms with Crippen LogP contribution in [0.3, 0.4) is 0 Å². The fourth-order valence-corrected chi connectivity index (χ4v) is 5.06. The second kappa shape index (κ2) is 7.08. The van der Waals surface area contributed by atoms with Crippen molar-refractivity contribution >= 4 is 11.3 Å². The minimum absolute atomic E-state index is 0.181. The summed E-state index contributed by atoms with van der Waals surface area (Å²) >= 11 is 1.83. The number of thiophene rings is 1. The van der Waals surface area contributed by atoms with E-state index in [1.165, 1.54) is 22.1 Å².